The molecular formula is C17H14FNO2. The van der Waals surface area contributed by atoms with Gasteiger partial charge in [0.2, 0.25) is 5.78 Å². The number of ketones is 1. The van der Waals surface area contributed by atoms with Gasteiger partial charge in [0.05, 0.1) is 12.2 Å². The molecule has 3 aromatic rings. The molecule has 0 spiro atoms. The van der Waals surface area contributed by atoms with Crippen molar-refractivity contribution in [2.24, 2.45) is 0 Å². The maximum Gasteiger partial charge on any atom is 0.217 e. The standard InChI is InChI=1S/C17H14FNO2/c1-19(14-8-4-3-7-13(14)18)11-15(20)17-10-12-6-2-5-9-16(12)21-17/h2-10H,11H2,1H3. The number of Topliss-reactive ketones (excluding diaryl/α,β-unsaturated/α-hetero) is 1. The molecule has 21 heavy (non-hydrogen) atoms. The number of hydrogen-bond donors (Lipinski definition) is 0. The van der Waals surface area contributed by atoms with Gasteiger partial charge in [0.1, 0.15) is 11.4 Å². The van der Waals surface area contributed by atoms with Crippen molar-refractivity contribution >= 4 is 22.4 Å². The van der Waals surface area contributed by atoms with E-state index in [0.29, 0.717) is 17.0 Å². The van der Waals surface area contributed by atoms with Crippen molar-refractivity contribution in [2.45, 2.75) is 0 Å². The molecule has 0 N–H and O–H groups in total. The lowest BCUT2D eigenvalue weighted by molar-refractivity contribution is 0.0976. The van der Waals surface area contributed by atoms with Crippen LogP contribution < -0.4 is 4.90 Å². The van der Waals surface area contributed by atoms with E-state index in [4.69, 9.17) is 4.42 Å². The molecule has 0 fully saturated rings. The first-order valence-electron chi connectivity index (χ1n) is 6.62. The maximum atomic E-state index is 13.7. The van der Waals surface area contributed by atoms with Crippen molar-refractivity contribution in [1.29, 1.82) is 0 Å². The SMILES string of the molecule is CN(CC(=O)c1cc2ccccc2o1)c1ccccc1F. The van der Waals surface area contributed by atoms with Gasteiger partial charge in [-0.2, -0.15) is 0 Å². The Hall–Kier alpha value is -2.62. The van der Waals surface area contributed by atoms with E-state index in [1.807, 2.05) is 24.3 Å². The highest BCUT2D eigenvalue weighted by molar-refractivity contribution is 6.00. The molecule has 3 rings (SSSR count). The molecule has 0 aliphatic rings. The monoisotopic (exact) mass is 283 g/mol. The predicted molar refractivity (Wildman–Crippen MR) is 80.2 cm³/mol. The zero-order valence-electron chi connectivity index (χ0n) is 11.5. The van der Waals surface area contributed by atoms with Gasteiger partial charge in [-0.25, -0.2) is 4.39 Å². The average Bonchev–Trinajstić information content (AvgIpc) is 2.91. The fourth-order valence-electron chi connectivity index (χ4n) is 2.26. The average molecular weight is 283 g/mol. The summed E-state index contributed by atoms with van der Waals surface area (Å²) >= 11 is 0. The van der Waals surface area contributed by atoms with Gasteiger partial charge in [0.15, 0.2) is 5.76 Å². The van der Waals surface area contributed by atoms with Crippen LogP contribution in [0.25, 0.3) is 11.0 Å². The highest BCUT2D eigenvalue weighted by atomic mass is 19.1. The zero-order chi connectivity index (χ0) is 14.8. The molecule has 0 aliphatic heterocycles. The van der Waals surface area contributed by atoms with Crippen LogP contribution in [0.1, 0.15) is 10.6 Å². The number of furan rings is 1. The highest BCUT2D eigenvalue weighted by Gasteiger charge is 2.16. The summed E-state index contributed by atoms with van der Waals surface area (Å²) in [6, 6.07) is 15.5. The van der Waals surface area contributed by atoms with Gasteiger partial charge in [-0.05, 0) is 24.3 Å². The van der Waals surface area contributed by atoms with Gasteiger partial charge in [0.25, 0.3) is 0 Å². The van der Waals surface area contributed by atoms with E-state index in [9.17, 15) is 9.18 Å². The molecule has 0 unspecified atom stereocenters. The first-order valence-corrected chi connectivity index (χ1v) is 6.62. The minimum Gasteiger partial charge on any atom is -0.453 e. The van der Waals surface area contributed by atoms with E-state index in [1.54, 1.807) is 36.2 Å². The summed E-state index contributed by atoms with van der Waals surface area (Å²) in [5, 5.41) is 0.884. The van der Waals surface area contributed by atoms with Gasteiger partial charge < -0.3 is 9.32 Å². The Bertz CT molecular complexity index is 761. The quantitative estimate of drug-likeness (QED) is 0.681. The van der Waals surface area contributed by atoms with Crippen molar-refractivity contribution in [2.75, 3.05) is 18.5 Å². The smallest absolute Gasteiger partial charge is 0.217 e. The van der Waals surface area contributed by atoms with E-state index in [0.717, 1.165) is 5.39 Å². The van der Waals surface area contributed by atoms with Crippen molar-refractivity contribution in [3.05, 3.63) is 66.2 Å². The summed E-state index contributed by atoms with van der Waals surface area (Å²) in [4.78, 5) is 13.8. The Labute approximate surface area is 121 Å². The van der Waals surface area contributed by atoms with E-state index < -0.39 is 0 Å². The molecule has 1 heterocycles. The van der Waals surface area contributed by atoms with E-state index in [1.165, 1.54) is 6.07 Å². The third-order valence-electron chi connectivity index (χ3n) is 3.34. The number of fused-ring (bicyclic) bond motifs is 1. The zero-order valence-corrected chi connectivity index (χ0v) is 11.5. The second-order valence-corrected chi connectivity index (χ2v) is 4.88. The number of carbonyl (C=O) groups is 1. The Morgan fingerprint density at radius 2 is 1.86 bits per heavy atom. The molecule has 106 valence electrons. The normalized spacial score (nSPS) is 10.8. The van der Waals surface area contributed by atoms with Crippen molar-refractivity contribution in [1.82, 2.24) is 0 Å². The number of para-hydroxylation sites is 2. The fraction of sp³-hybridized carbons (Fsp3) is 0.118. The summed E-state index contributed by atoms with van der Waals surface area (Å²) in [7, 11) is 1.68. The Kier molecular flexibility index (Phi) is 3.44. The highest BCUT2D eigenvalue weighted by Crippen LogP contribution is 2.21. The number of halogens is 1. The lowest BCUT2D eigenvalue weighted by Crippen LogP contribution is -2.26. The second-order valence-electron chi connectivity index (χ2n) is 4.88. The first kappa shape index (κ1) is 13.4. The predicted octanol–water partition coefficient (Wildman–Crippen LogP) is 3.89. The van der Waals surface area contributed by atoms with Crippen LogP contribution in [0.15, 0.2) is 59.0 Å². The third-order valence-corrected chi connectivity index (χ3v) is 3.34. The summed E-state index contributed by atoms with van der Waals surface area (Å²) in [5.74, 6) is -0.242. The number of carbonyl (C=O) groups excluding carboxylic acids is 1. The molecule has 0 radical (unpaired) electrons. The van der Waals surface area contributed by atoms with Crippen LogP contribution in [0.3, 0.4) is 0 Å². The van der Waals surface area contributed by atoms with Crippen LogP contribution in [0.5, 0.6) is 0 Å². The first-order chi connectivity index (χ1) is 10.1. The lowest BCUT2D eigenvalue weighted by Gasteiger charge is -2.18. The Balaban J connectivity index is 1.81. The number of rotatable bonds is 4. The third kappa shape index (κ3) is 2.65. The summed E-state index contributed by atoms with van der Waals surface area (Å²) in [5.41, 5.74) is 1.07. The Morgan fingerprint density at radius 1 is 1.14 bits per heavy atom. The minimum absolute atomic E-state index is 0.0563. The molecule has 4 heteroatoms. The summed E-state index contributed by atoms with van der Waals surface area (Å²) in [6.45, 7) is 0.0563. The molecular weight excluding hydrogens is 269 g/mol. The second kappa shape index (κ2) is 5.40. The van der Waals surface area contributed by atoms with Crippen molar-refractivity contribution < 1.29 is 13.6 Å². The van der Waals surface area contributed by atoms with Crippen LogP contribution in [0.2, 0.25) is 0 Å². The summed E-state index contributed by atoms with van der Waals surface area (Å²) in [6.07, 6.45) is 0. The van der Waals surface area contributed by atoms with Crippen molar-refractivity contribution in [3.63, 3.8) is 0 Å². The molecule has 1 aromatic heterocycles. The van der Waals surface area contributed by atoms with Crippen LogP contribution in [-0.2, 0) is 0 Å². The number of benzene rings is 2. The van der Waals surface area contributed by atoms with E-state index in [-0.39, 0.29) is 18.1 Å². The minimum atomic E-state index is -0.350. The van der Waals surface area contributed by atoms with Gasteiger partial charge >= 0.3 is 0 Å². The fourth-order valence-corrected chi connectivity index (χ4v) is 2.26. The number of likely N-dealkylation sites (N-methyl/N-ethyl adjacent to an activating group) is 1. The molecule has 0 atom stereocenters. The topological polar surface area (TPSA) is 33.5 Å². The van der Waals surface area contributed by atoms with Crippen LogP contribution in [-0.4, -0.2) is 19.4 Å². The van der Waals surface area contributed by atoms with Gasteiger partial charge in [-0.15, -0.1) is 0 Å². The lowest BCUT2D eigenvalue weighted by atomic mass is 10.2. The van der Waals surface area contributed by atoms with Gasteiger partial charge in [0, 0.05) is 12.4 Å². The number of nitrogens with zero attached hydrogens (tertiary/aromatic N) is 1. The van der Waals surface area contributed by atoms with Crippen molar-refractivity contribution in [3.8, 4) is 0 Å². The maximum absolute atomic E-state index is 13.7. The van der Waals surface area contributed by atoms with Gasteiger partial charge in [-0.3, -0.25) is 4.79 Å². The number of hydrogen-bond acceptors (Lipinski definition) is 3. The van der Waals surface area contributed by atoms with E-state index in [2.05, 4.69) is 0 Å². The molecule has 0 bridgehead atoms. The molecule has 0 saturated carbocycles. The largest absolute Gasteiger partial charge is 0.453 e. The summed E-state index contributed by atoms with van der Waals surface area (Å²) < 4.78 is 19.2. The number of anilines is 1. The van der Waals surface area contributed by atoms with Gasteiger partial charge in [-0.1, -0.05) is 30.3 Å². The molecule has 0 saturated heterocycles. The van der Waals surface area contributed by atoms with Crippen LogP contribution in [0, 0.1) is 5.82 Å². The molecule has 3 nitrogen and oxygen atoms in total. The van der Waals surface area contributed by atoms with Crippen LogP contribution in [0.4, 0.5) is 10.1 Å². The molecule has 0 aliphatic carbocycles. The molecule has 0 amide bonds. The van der Waals surface area contributed by atoms with E-state index >= 15 is 0 Å². The Morgan fingerprint density at radius 3 is 2.62 bits per heavy atom. The van der Waals surface area contributed by atoms with Crippen LogP contribution >= 0.6 is 0 Å². The molecule has 2 aromatic carbocycles.